The quantitative estimate of drug-likeness (QED) is 0.405. The molecule has 1 amide bonds. The molecule has 1 aliphatic heterocycles. The third-order valence-corrected chi connectivity index (χ3v) is 7.78. The van der Waals surface area contributed by atoms with Gasteiger partial charge < -0.3 is 14.8 Å². The van der Waals surface area contributed by atoms with Gasteiger partial charge in [-0.1, -0.05) is 31.2 Å². The van der Waals surface area contributed by atoms with Crippen molar-refractivity contribution in [1.82, 2.24) is 10.3 Å². The number of nitrogens with zero attached hydrogens (tertiary/aromatic N) is 1. The van der Waals surface area contributed by atoms with Crippen LogP contribution in [0.25, 0.3) is 0 Å². The molecule has 2 fully saturated rings. The molecule has 0 aromatic carbocycles. The van der Waals surface area contributed by atoms with Gasteiger partial charge in [0.2, 0.25) is 6.41 Å². The van der Waals surface area contributed by atoms with Crippen LogP contribution in [0, 0.1) is 17.3 Å². The van der Waals surface area contributed by atoms with E-state index in [1.54, 1.807) is 24.4 Å². The zero-order chi connectivity index (χ0) is 23.6. The molecule has 3 aliphatic rings. The molecule has 4 rings (SSSR count). The van der Waals surface area contributed by atoms with E-state index in [1.165, 1.54) is 6.20 Å². The van der Waals surface area contributed by atoms with Gasteiger partial charge in [0.25, 0.3) is 0 Å². The van der Waals surface area contributed by atoms with Crippen LogP contribution in [-0.2, 0) is 19.1 Å². The summed E-state index contributed by atoms with van der Waals surface area (Å²) < 4.78 is 11.0. The molecule has 1 aromatic rings. The third-order valence-electron chi connectivity index (χ3n) is 7.78. The van der Waals surface area contributed by atoms with Crippen molar-refractivity contribution < 1.29 is 23.9 Å². The Balaban J connectivity index is 1.62. The lowest BCUT2D eigenvalue weighted by molar-refractivity contribution is -0.135. The van der Waals surface area contributed by atoms with Crippen molar-refractivity contribution in [3.8, 4) is 0 Å². The molecule has 1 aromatic heterocycles. The topological polar surface area (TPSA) is 94.6 Å². The average Bonchev–Trinajstić information content (AvgIpc) is 3.21. The number of allylic oxidation sites excluding steroid dienone is 2. The molecular formula is C26H30N2O5. The number of aromatic nitrogens is 1. The monoisotopic (exact) mass is 450 g/mol. The fourth-order valence-corrected chi connectivity index (χ4v) is 6.03. The Kier molecular flexibility index (Phi) is 6.23. The molecule has 0 bridgehead atoms. The van der Waals surface area contributed by atoms with Crippen molar-refractivity contribution in [1.29, 1.82) is 0 Å². The number of amides is 1. The number of cyclic esters (lactones) is 1. The summed E-state index contributed by atoms with van der Waals surface area (Å²) in [6.07, 6.45) is 12.0. The van der Waals surface area contributed by atoms with Crippen LogP contribution in [0.1, 0.15) is 49.9 Å². The Morgan fingerprint density at radius 3 is 2.85 bits per heavy atom. The van der Waals surface area contributed by atoms with E-state index in [1.807, 2.05) is 13.0 Å². The van der Waals surface area contributed by atoms with Crippen LogP contribution in [0.3, 0.4) is 0 Å². The van der Waals surface area contributed by atoms with Gasteiger partial charge in [-0.05, 0) is 62.1 Å². The number of hydrogen-bond acceptors (Lipinski definition) is 6. The van der Waals surface area contributed by atoms with E-state index in [0.29, 0.717) is 30.6 Å². The highest BCUT2D eigenvalue weighted by atomic mass is 16.5. The van der Waals surface area contributed by atoms with Gasteiger partial charge in [0.1, 0.15) is 12.7 Å². The second-order valence-electron chi connectivity index (χ2n) is 9.57. The number of fused-ring (bicyclic) bond motifs is 1. The van der Waals surface area contributed by atoms with Crippen molar-refractivity contribution in [3.05, 3.63) is 66.0 Å². The minimum Gasteiger partial charge on any atom is -0.458 e. The second kappa shape index (κ2) is 8.96. The van der Waals surface area contributed by atoms with Crippen LogP contribution < -0.4 is 5.32 Å². The summed E-state index contributed by atoms with van der Waals surface area (Å²) in [5, 5.41) is 3.02. The first-order chi connectivity index (χ1) is 15.8. The van der Waals surface area contributed by atoms with Crippen molar-refractivity contribution in [3.63, 3.8) is 0 Å². The van der Waals surface area contributed by atoms with E-state index in [0.717, 1.165) is 24.8 Å². The van der Waals surface area contributed by atoms with E-state index in [9.17, 15) is 14.4 Å². The standard InChI is InChI=1S/C26H30N2O5/c1-17-6-9-21-25(2,20(17)8-7-18-11-14-32-23(18)30)12-10-22(26(21,3)28-16-29)33-24(31)19-5-4-13-27-15-19/h4-5,7-8,11,13,15-16,20-22H,1,6,9-10,12,14H2,2-3H3,(H,28,29)/b8-7+/t20-,21+,22-,25+,26+/m1/s1. The molecule has 0 saturated heterocycles. The van der Waals surface area contributed by atoms with Crippen molar-refractivity contribution in [2.24, 2.45) is 17.3 Å². The van der Waals surface area contributed by atoms with Gasteiger partial charge in [0.15, 0.2) is 0 Å². The molecule has 1 N–H and O–H groups in total. The molecule has 0 radical (unpaired) electrons. The van der Waals surface area contributed by atoms with E-state index >= 15 is 0 Å². The van der Waals surface area contributed by atoms with Gasteiger partial charge >= 0.3 is 11.9 Å². The summed E-state index contributed by atoms with van der Waals surface area (Å²) in [7, 11) is 0. The molecule has 2 heterocycles. The minimum atomic E-state index is -0.745. The van der Waals surface area contributed by atoms with Gasteiger partial charge in [-0.3, -0.25) is 9.78 Å². The summed E-state index contributed by atoms with van der Waals surface area (Å²) in [5.41, 5.74) is 1.08. The SMILES string of the molecule is C=C1CC[C@H]2[C@@](C)(CC[C@@H](OC(=O)c3cccnc3)[C@@]2(C)NC=O)[C@@H]1/C=C/C1=CCOC1=O. The molecular weight excluding hydrogens is 420 g/mol. The van der Waals surface area contributed by atoms with E-state index in [2.05, 4.69) is 29.9 Å². The fraction of sp³-hybridized carbons (Fsp3) is 0.462. The summed E-state index contributed by atoms with van der Waals surface area (Å²) in [6, 6.07) is 3.36. The highest BCUT2D eigenvalue weighted by molar-refractivity contribution is 5.93. The first-order valence-corrected chi connectivity index (χ1v) is 11.3. The fourth-order valence-electron chi connectivity index (χ4n) is 6.03. The highest BCUT2D eigenvalue weighted by Gasteiger charge is 2.59. The lowest BCUT2D eigenvalue weighted by Gasteiger charge is -2.59. The molecule has 7 nitrogen and oxygen atoms in total. The van der Waals surface area contributed by atoms with Gasteiger partial charge in [0.05, 0.1) is 16.7 Å². The highest BCUT2D eigenvalue weighted by Crippen LogP contribution is 2.58. The van der Waals surface area contributed by atoms with Crippen LogP contribution in [-0.4, -0.2) is 41.6 Å². The molecule has 0 unspecified atom stereocenters. The smallest absolute Gasteiger partial charge is 0.340 e. The maximum absolute atomic E-state index is 12.8. The van der Waals surface area contributed by atoms with Crippen molar-refractivity contribution in [2.75, 3.05) is 6.61 Å². The number of pyridine rings is 1. The predicted octanol–water partition coefficient (Wildman–Crippen LogP) is 3.53. The number of rotatable bonds is 6. The number of carbonyl (C=O) groups excluding carboxylic acids is 3. The largest absolute Gasteiger partial charge is 0.458 e. The Morgan fingerprint density at radius 2 is 2.18 bits per heavy atom. The first kappa shape index (κ1) is 23.0. The Bertz CT molecular complexity index is 1020. The number of carbonyl (C=O) groups is 3. The zero-order valence-electron chi connectivity index (χ0n) is 19.1. The maximum Gasteiger partial charge on any atom is 0.340 e. The lowest BCUT2D eigenvalue weighted by atomic mass is 9.48. The third kappa shape index (κ3) is 4.12. The number of ether oxygens (including phenoxy) is 2. The van der Waals surface area contributed by atoms with Crippen LogP contribution in [0.15, 0.2) is 60.5 Å². The lowest BCUT2D eigenvalue weighted by Crippen LogP contribution is -2.66. The zero-order valence-corrected chi connectivity index (χ0v) is 19.1. The van der Waals surface area contributed by atoms with Gasteiger partial charge in [0, 0.05) is 18.3 Å². The van der Waals surface area contributed by atoms with Gasteiger partial charge in [-0.15, -0.1) is 0 Å². The number of esters is 2. The molecule has 0 spiro atoms. The molecule has 2 aliphatic carbocycles. The van der Waals surface area contributed by atoms with Crippen molar-refractivity contribution in [2.45, 2.75) is 51.2 Å². The second-order valence-corrected chi connectivity index (χ2v) is 9.57. The predicted molar refractivity (Wildman–Crippen MR) is 122 cm³/mol. The van der Waals surface area contributed by atoms with Crippen molar-refractivity contribution >= 4 is 18.3 Å². The molecule has 7 heteroatoms. The van der Waals surface area contributed by atoms with Gasteiger partial charge in [-0.25, -0.2) is 9.59 Å². The summed E-state index contributed by atoms with van der Waals surface area (Å²) >= 11 is 0. The normalized spacial score (nSPS) is 33.8. The van der Waals surface area contributed by atoms with E-state index in [4.69, 9.17) is 9.47 Å². The van der Waals surface area contributed by atoms with Crippen LogP contribution in [0.5, 0.6) is 0 Å². The van der Waals surface area contributed by atoms with E-state index in [-0.39, 0.29) is 23.2 Å². The summed E-state index contributed by atoms with van der Waals surface area (Å²) in [4.78, 5) is 40.3. The summed E-state index contributed by atoms with van der Waals surface area (Å²) in [6.45, 7) is 8.81. The molecule has 2 saturated carbocycles. The average molecular weight is 451 g/mol. The van der Waals surface area contributed by atoms with Gasteiger partial charge in [-0.2, -0.15) is 0 Å². The molecule has 174 valence electrons. The first-order valence-electron chi connectivity index (χ1n) is 11.3. The van der Waals surface area contributed by atoms with Crippen LogP contribution in [0.2, 0.25) is 0 Å². The number of hydrogen-bond donors (Lipinski definition) is 1. The summed E-state index contributed by atoms with van der Waals surface area (Å²) in [5.74, 6) is -0.694. The Hall–Kier alpha value is -3.22. The Morgan fingerprint density at radius 1 is 1.36 bits per heavy atom. The Labute approximate surface area is 193 Å². The van der Waals surface area contributed by atoms with E-state index < -0.39 is 17.6 Å². The number of nitrogens with one attached hydrogen (secondary N) is 1. The molecule has 5 atom stereocenters. The minimum absolute atomic E-state index is 0.0216. The maximum atomic E-state index is 12.8. The molecule has 33 heavy (non-hydrogen) atoms. The van der Waals surface area contributed by atoms with Crippen LogP contribution in [0.4, 0.5) is 0 Å². The van der Waals surface area contributed by atoms with Crippen LogP contribution >= 0.6 is 0 Å².